The lowest BCUT2D eigenvalue weighted by molar-refractivity contribution is 0.888. The van der Waals surface area contributed by atoms with Gasteiger partial charge in [-0.1, -0.05) is 127 Å². The van der Waals surface area contributed by atoms with Crippen LogP contribution in [0.3, 0.4) is 0 Å². The highest BCUT2D eigenvalue weighted by Crippen LogP contribution is 2.44. The normalized spacial score (nSPS) is 13.9. The Labute approximate surface area is 312 Å². The number of rotatable bonds is 3. The van der Waals surface area contributed by atoms with E-state index in [1.54, 1.807) is 0 Å². The summed E-state index contributed by atoms with van der Waals surface area (Å²) in [5.74, 6) is 0. The number of hydrogen-bond acceptors (Lipinski definition) is 1. The third-order valence-electron chi connectivity index (χ3n) is 12.0. The molecule has 0 fully saturated rings. The molecule has 0 radical (unpaired) electrons. The fourth-order valence-corrected chi connectivity index (χ4v) is 9.74. The van der Waals surface area contributed by atoms with Gasteiger partial charge in [0.05, 0.1) is 27.8 Å². The van der Waals surface area contributed by atoms with Crippen LogP contribution in [0, 0.1) is 0 Å². The van der Waals surface area contributed by atoms with Gasteiger partial charge in [-0.3, -0.25) is 0 Å². The van der Waals surface area contributed by atoms with Crippen molar-refractivity contribution >= 4 is 77.3 Å². The van der Waals surface area contributed by atoms with Crippen molar-refractivity contribution in [1.29, 1.82) is 0 Å². The van der Waals surface area contributed by atoms with Gasteiger partial charge in [0.1, 0.15) is 0 Å². The topological polar surface area (TPSA) is 22.8 Å². The number of aromatic nitrogens is 3. The van der Waals surface area contributed by atoms with Crippen molar-refractivity contribution in [2.45, 2.75) is 25.7 Å². The van der Waals surface area contributed by atoms with Crippen LogP contribution >= 0.6 is 0 Å². The van der Waals surface area contributed by atoms with Crippen LogP contribution < -0.4 is 0 Å². The first-order chi connectivity index (χ1) is 26.8. The molecule has 2 aliphatic carbocycles. The van der Waals surface area contributed by atoms with E-state index in [-0.39, 0.29) is 0 Å². The first-order valence-corrected chi connectivity index (χ1v) is 19.2. The number of aryl methyl sites for hydroxylation is 1. The fourth-order valence-electron chi connectivity index (χ4n) is 9.74. The number of hydrogen-bond donors (Lipinski definition) is 0. The van der Waals surface area contributed by atoms with E-state index in [1.807, 2.05) is 0 Å². The highest BCUT2D eigenvalue weighted by Gasteiger charge is 2.24. The van der Waals surface area contributed by atoms with E-state index in [2.05, 4.69) is 173 Å². The average molecular weight is 690 g/mol. The Morgan fingerprint density at radius 3 is 1.67 bits per heavy atom. The zero-order chi connectivity index (χ0) is 35.3. The molecule has 254 valence electrons. The third kappa shape index (κ3) is 4.15. The molecule has 0 atom stereocenters. The summed E-state index contributed by atoms with van der Waals surface area (Å²) in [4.78, 5) is 5.78. The van der Waals surface area contributed by atoms with E-state index < -0.39 is 0 Å². The molecular formula is C51H35N3. The van der Waals surface area contributed by atoms with Crippen LogP contribution in [-0.2, 0) is 12.8 Å². The molecule has 0 saturated carbocycles. The van der Waals surface area contributed by atoms with Crippen molar-refractivity contribution in [3.05, 3.63) is 174 Å². The highest BCUT2D eigenvalue weighted by atomic mass is 15.0. The Bertz CT molecular complexity index is 3220. The molecule has 3 aromatic heterocycles. The minimum absolute atomic E-state index is 0.988. The predicted octanol–water partition coefficient (Wildman–Crippen LogP) is 13.2. The molecule has 7 aromatic carbocycles. The summed E-state index contributed by atoms with van der Waals surface area (Å²) in [6.07, 6.45) is 13.4. The zero-order valence-corrected chi connectivity index (χ0v) is 29.8. The van der Waals surface area contributed by atoms with Gasteiger partial charge in [-0.15, -0.1) is 0 Å². The van der Waals surface area contributed by atoms with Gasteiger partial charge in [0.2, 0.25) is 0 Å². The molecule has 0 unspecified atom stereocenters. The Hall–Kier alpha value is -6.71. The van der Waals surface area contributed by atoms with E-state index >= 15 is 0 Å². The van der Waals surface area contributed by atoms with E-state index in [9.17, 15) is 0 Å². The van der Waals surface area contributed by atoms with Gasteiger partial charge in [-0.2, -0.15) is 0 Å². The van der Waals surface area contributed by atoms with E-state index in [1.165, 1.54) is 82.0 Å². The molecule has 0 bridgehead atoms. The maximum Gasteiger partial charge on any atom is 0.0797 e. The van der Waals surface area contributed by atoms with Gasteiger partial charge in [0, 0.05) is 60.7 Å². The molecule has 0 aliphatic heterocycles. The van der Waals surface area contributed by atoms with Crippen molar-refractivity contribution in [2.24, 2.45) is 0 Å². The second-order valence-electron chi connectivity index (χ2n) is 14.9. The SMILES string of the molecule is C1=Cc2c(-c3cc(-n4c5c(c6ccccc64)C=CCC5)cc(-n4c5ccccc5c5ccccc54)c3)nc3c4ccccc4c4ccccc4c3c2CC1. The molecule has 10 aromatic rings. The van der Waals surface area contributed by atoms with E-state index in [0.717, 1.165) is 53.8 Å². The minimum Gasteiger partial charge on any atom is -0.313 e. The number of pyridine rings is 1. The zero-order valence-electron chi connectivity index (χ0n) is 29.8. The minimum atomic E-state index is 0.988. The monoisotopic (exact) mass is 689 g/mol. The van der Waals surface area contributed by atoms with Gasteiger partial charge in [0.25, 0.3) is 0 Å². The van der Waals surface area contributed by atoms with E-state index in [4.69, 9.17) is 4.98 Å². The Morgan fingerprint density at radius 1 is 0.444 bits per heavy atom. The first kappa shape index (κ1) is 29.8. The maximum atomic E-state index is 5.78. The summed E-state index contributed by atoms with van der Waals surface area (Å²) in [6.45, 7) is 0. The summed E-state index contributed by atoms with van der Waals surface area (Å²) in [7, 11) is 0. The largest absolute Gasteiger partial charge is 0.313 e. The quantitative estimate of drug-likeness (QED) is 0.169. The summed E-state index contributed by atoms with van der Waals surface area (Å²) in [5.41, 5.74) is 14.6. The van der Waals surface area contributed by atoms with Gasteiger partial charge >= 0.3 is 0 Å². The molecule has 3 nitrogen and oxygen atoms in total. The third-order valence-corrected chi connectivity index (χ3v) is 12.0. The smallest absolute Gasteiger partial charge is 0.0797 e. The number of nitrogens with zero attached hydrogens (tertiary/aromatic N) is 3. The van der Waals surface area contributed by atoms with Crippen LogP contribution in [0.1, 0.15) is 35.2 Å². The molecule has 0 saturated heterocycles. The van der Waals surface area contributed by atoms with Gasteiger partial charge in [0.15, 0.2) is 0 Å². The van der Waals surface area contributed by atoms with Gasteiger partial charge < -0.3 is 9.13 Å². The van der Waals surface area contributed by atoms with Crippen LogP contribution in [0.2, 0.25) is 0 Å². The highest BCUT2D eigenvalue weighted by molar-refractivity contribution is 6.25. The van der Waals surface area contributed by atoms with E-state index in [0.29, 0.717) is 0 Å². The lowest BCUT2D eigenvalue weighted by Crippen LogP contribution is -2.06. The second-order valence-corrected chi connectivity index (χ2v) is 14.9. The van der Waals surface area contributed by atoms with Crippen molar-refractivity contribution in [3.63, 3.8) is 0 Å². The average Bonchev–Trinajstić information content (AvgIpc) is 3.76. The fraction of sp³-hybridized carbons (Fsp3) is 0.0784. The molecule has 2 aliphatic rings. The molecule has 12 rings (SSSR count). The molecule has 0 amide bonds. The van der Waals surface area contributed by atoms with Crippen LogP contribution in [-0.4, -0.2) is 14.1 Å². The van der Waals surface area contributed by atoms with Crippen LogP contribution in [0.5, 0.6) is 0 Å². The second kappa shape index (κ2) is 11.4. The molecule has 54 heavy (non-hydrogen) atoms. The first-order valence-electron chi connectivity index (χ1n) is 19.2. The molecule has 3 heterocycles. The van der Waals surface area contributed by atoms with Crippen molar-refractivity contribution < 1.29 is 0 Å². The number of benzene rings is 7. The summed E-state index contributed by atoms with van der Waals surface area (Å²) in [6, 6.07) is 51.5. The van der Waals surface area contributed by atoms with Gasteiger partial charge in [-0.25, -0.2) is 4.98 Å². The number of allylic oxidation sites excluding steroid dienone is 2. The standard InChI is InChI=1S/C51H35N3/c1-3-21-41-35(15-1)36-16-2-5-23-43(36)51-49(41)42-22-4-6-24-44(42)50(52-51)32-29-33(53-45-25-11-7-17-37(45)38-18-8-12-26-46(38)53)31-34(30-32)54-47-27-13-9-19-39(47)40-20-10-14-28-48(40)54/h1-3,5-13,15-21,23-27,29-31H,4,14,22,28H2. The lowest BCUT2D eigenvalue weighted by atomic mass is 9.86. The van der Waals surface area contributed by atoms with Crippen molar-refractivity contribution in [2.75, 3.05) is 0 Å². The number of para-hydroxylation sites is 3. The molecule has 0 N–H and O–H groups in total. The summed E-state index contributed by atoms with van der Waals surface area (Å²) < 4.78 is 4.99. The maximum absolute atomic E-state index is 5.78. The van der Waals surface area contributed by atoms with Gasteiger partial charge in [-0.05, 0) is 83.8 Å². The lowest BCUT2D eigenvalue weighted by Gasteiger charge is -2.22. The molecule has 0 spiro atoms. The Morgan fingerprint density at radius 2 is 0.963 bits per heavy atom. The molecule has 3 heteroatoms. The number of fused-ring (bicyclic) bond motifs is 14. The summed E-state index contributed by atoms with van der Waals surface area (Å²) in [5, 5.41) is 10.2. The van der Waals surface area contributed by atoms with Crippen LogP contribution in [0.4, 0.5) is 0 Å². The van der Waals surface area contributed by atoms with Crippen LogP contribution in [0.25, 0.3) is 99.9 Å². The van der Waals surface area contributed by atoms with Crippen molar-refractivity contribution in [3.8, 4) is 22.6 Å². The van der Waals surface area contributed by atoms with Crippen LogP contribution in [0.15, 0.2) is 152 Å². The Kier molecular flexibility index (Phi) is 6.29. The predicted molar refractivity (Wildman–Crippen MR) is 228 cm³/mol. The van der Waals surface area contributed by atoms with Crippen molar-refractivity contribution in [1.82, 2.24) is 14.1 Å². The molecular weight excluding hydrogens is 655 g/mol. The summed E-state index contributed by atoms with van der Waals surface area (Å²) >= 11 is 0. The Balaban J connectivity index is 1.24.